The molecule has 6 nitrogen and oxygen atoms in total. The number of ether oxygens (including phenoxy) is 2. The third-order valence-corrected chi connectivity index (χ3v) is 3.55. The molecule has 1 fully saturated rings. The van der Waals surface area contributed by atoms with Crippen LogP contribution in [-0.2, 0) is 9.47 Å². The van der Waals surface area contributed by atoms with Gasteiger partial charge in [0.2, 0.25) is 0 Å². The van der Waals surface area contributed by atoms with E-state index in [1.807, 2.05) is 0 Å². The van der Waals surface area contributed by atoms with Gasteiger partial charge in [-0.05, 0) is 25.7 Å². The molecular weight excluding hydrogens is 270 g/mol. The average Bonchev–Trinajstić information content (AvgIpc) is 2.97. The van der Waals surface area contributed by atoms with Gasteiger partial charge in [0.25, 0.3) is 0 Å². The number of allylic oxidation sites excluding steroid dienone is 1. The Hall–Kier alpha value is -2.13. The third kappa shape index (κ3) is 3.14. The zero-order chi connectivity index (χ0) is 15.2. The molecule has 0 bridgehead atoms. The number of hydrogen-bond acceptors (Lipinski definition) is 5. The Morgan fingerprint density at radius 2 is 2.57 bits per heavy atom. The van der Waals surface area contributed by atoms with Crippen LogP contribution in [-0.4, -0.2) is 29.2 Å². The fourth-order valence-electron chi connectivity index (χ4n) is 2.49. The van der Waals surface area contributed by atoms with Gasteiger partial charge in [0.05, 0.1) is 31.1 Å². The molecule has 2 rings (SSSR count). The average molecular weight is 289 g/mol. The van der Waals surface area contributed by atoms with Gasteiger partial charge >= 0.3 is 5.97 Å². The Labute approximate surface area is 124 Å². The Bertz CT molecular complexity index is 553. The summed E-state index contributed by atoms with van der Waals surface area (Å²) in [6, 6.07) is 2.16. The van der Waals surface area contributed by atoms with Crippen molar-refractivity contribution in [2.24, 2.45) is 0 Å². The first-order valence-electron chi connectivity index (χ1n) is 7.00. The molecule has 6 heteroatoms. The van der Waals surface area contributed by atoms with E-state index in [0.717, 1.165) is 19.3 Å². The number of imidazole rings is 1. The van der Waals surface area contributed by atoms with E-state index >= 15 is 0 Å². The normalized spacial score (nSPS) is 19.5. The Balaban J connectivity index is 2.41. The minimum Gasteiger partial charge on any atom is -0.464 e. The highest BCUT2D eigenvalue weighted by Crippen LogP contribution is 2.29. The van der Waals surface area contributed by atoms with Crippen molar-refractivity contribution < 1.29 is 14.3 Å². The monoisotopic (exact) mass is 289 g/mol. The predicted molar refractivity (Wildman–Crippen MR) is 75.6 cm³/mol. The number of methoxy groups -OCH3 is 1. The summed E-state index contributed by atoms with van der Waals surface area (Å²) >= 11 is 0. The molecule has 0 radical (unpaired) electrons. The molecule has 2 unspecified atom stereocenters. The van der Waals surface area contributed by atoms with Crippen LogP contribution in [0, 0.1) is 11.3 Å². The van der Waals surface area contributed by atoms with Gasteiger partial charge in [-0.15, -0.1) is 6.58 Å². The molecule has 1 aromatic rings. The Kier molecular flexibility index (Phi) is 5.12. The van der Waals surface area contributed by atoms with E-state index in [-0.39, 0.29) is 6.23 Å². The maximum atomic E-state index is 12.1. The molecule has 1 saturated heterocycles. The lowest BCUT2D eigenvalue weighted by Gasteiger charge is -2.25. The van der Waals surface area contributed by atoms with Crippen LogP contribution in [0.1, 0.15) is 54.0 Å². The van der Waals surface area contributed by atoms with Crippen LogP contribution in [0.5, 0.6) is 0 Å². The Morgan fingerprint density at radius 1 is 1.76 bits per heavy atom. The summed E-state index contributed by atoms with van der Waals surface area (Å²) in [6.07, 6.45) is 6.28. The molecule has 112 valence electrons. The van der Waals surface area contributed by atoms with E-state index in [4.69, 9.17) is 9.47 Å². The van der Waals surface area contributed by atoms with Gasteiger partial charge in [-0.3, -0.25) is 4.57 Å². The highest BCUT2D eigenvalue weighted by Gasteiger charge is 2.29. The second kappa shape index (κ2) is 7.04. The van der Waals surface area contributed by atoms with Crippen LogP contribution in [0.3, 0.4) is 0 Å². The Morgan fingerprint density at radius 3 is 3.14 bits per heavy atom. The van der Waals surface area contributed by atoms with Crippen LogP contribution < -0.4 is 0 Å². The first kappa shape index (κ1) is 15.3. The van der Waals surface area contributed by atoms with E-state index in [9.17, 15) is 10.1 Å². The fourth-order valence-corrected chi connectivity index (χ4v) is 2.49. The van der Waals surface area contributed by atoms with Crippen molar-refractivity contribution in [1.82, 2.24) is 9.55 Å². The van der Waals surface area contributed by atoms with Crippen molar-refractivity contribution in [2.45, 2.75) is 37.8 Å². The van der Waals surface area contributed by atoms with E-state index < -0.39 is 11.9 Å². The summed E-state index contributed by atoms with van der Waals surface area (Å²) in [6.45, 7) is 4.30. The van der Waals surface area contributed by atoms with Crippen LogP contribution in [0.25, 0.3) is 0 Å². The third-order valence-electron chi connectivity index (χ3n) is 3.55. The highest BCUT2D eigenvalue weighted by molar-refractivity contribution is 5.89. The number of nitriles is 1. The standard InChI is InChI=1S/C15H19N3O3/c1-3-6-11(9-16)13-14(15(19)20-2)18(10-17-13)12-7-4-5-8-21-12/h3,10-12H,1,4-8H2,2H3. The molecule has 0 aliphatic carbocycles. The van der Waals surface area contributed by atoms with Gasteiger partial charge in [-0.25, -0.2) is 9.78 Å². The summed E-state index contributed by atoms with van der Waals surface area (Å²) in [4.78, 5) is 16.4. The second-order valence-corrected chi connectivity index (χ2v) is 4.90. The number of aromatic nitrogens is 2. The maximum Gasteiger partial charge on any atom is 0.356 e. The molecule has 1 aromatic heterocycles. The van der Waals surface area contributed by atoms with Gasteiger partial charge in [0.1, 0.15) is 6.23 Å². The molecule has 2 atom stereocenters. The lowest BCUT2D eigenvalue weighted by Crippen LogP contribution is -2.22. The van der Waals surface area contributed by atoms with E-state index in [1.54, 1.807) is 17.0 Å². The van der Waals surface area contributed by atoms with Crippen molar-refractivity contribution in [3.63, 3.8) is 0 Å². The lowest BCUT2D eigenvalue weighted by molar-refractivity contribution is -0.0340. The molecule has 1 aliphatic heterocycles. The number of carbonyl (C=O) groups excluding carboxylic acids is 1. The van der Waals surface area contributed by atoms with Gasteiger partial charge in [0.15, 0.2) is 5.69 Å². The molecule has 2 heterocycles. The number of nitrogens with zero attached hydrogens (tertiary/aromatic N) is 3. The molecule has 21 heavy (non-hydrogen) atoms. The SMILES string of the molecule is C=CCC(C#N)c1ncn(C2CCCCO2)c1C(=O)OC. The topological polar surface area (TPSA) is 77.1 Å². The highest BCUT2D eigenvalue weighted by atomic mass is 16.5. The molecule has 0 aromatic carbocycles. The summed E-state index contributed by atoms with van der Waals surface area (Å²) in [5.41, 5.74) is 0.733. The summed E-state index contributed by atoms with van der Waals surface area (Å²) < 4.78 is 12.2. The smallest absolute Gasteiger partial charge is 0.356 e. The zero-order valence-corrected chi connectivity index (χ0v) is 12.1. The summed E-state index contributed by atoms with van der Waals surface area (Å²) in [5, 5.41) is 9.28. The van der Waals surface area contributed by atoms with Gasteiger partial charge < -0.3 is 9.47 Å². The van der Waals surface area contributed by atoms with E-state index in [2.05, 4.69) is 17.6 Å². The molecule has 0 amide bonds. The molecule has 0 N–H and O–H groups in total. The van der Waals surface area contributed by atoms with Crippen molar-refractivity contribution in [3.8, 4) is 6.07 Å². The van der Waals surface area contributed by atoms with Crippen LogP contribution in [0.2, 0.25) is 0 Å². The number of hydrogen-bond donors (Lipinski definition) is 0. The minimum absolute atomic E-state index is 0.225. The molecule has 0 saturated carbocycles. The van der Waals surface area contributed by atoms with Crippen LogP contribution in [0.4, 0.5) is 0 Å². The molecule has 1 aliphatic rings. The number of rotatable bonds is 5. The lowest BCUT2D eigenvalue weighted by atomic mass is 10.0. The van der Waals surface area contributed by atoms with E-state index in [0.29, 0.717) is 24.4 Å². The van der Waals surface area contributed by atoms with Crippen molar-refractivity contribution in [1.29, 1.82) is 5.26 Å². The maximum absolute atomic E-state index is 12.1. The van der Waals surface area contributed by atoms with Crippen LogP contribution >= 0.6 is 0 Å². The largest absolute Gasteiger partial charge is 0.464 e. The quantitative estimate of drug-likeness (QED) is 0.615. The fraction of sp³-hybridized carbons (Fsp3) is 0.533. The minimum atomic E-state index is -0.513. The zero-order valence-electron chi connectivity index (χ0n) is 12.1. The second-order valence-electron chi connectivity index (χ2n) is 4.90. The first-order valence-corrected chi connectivity index (χ1v) is 7.00. The van der Waals surface area contributed by atoms with Crippen molar-refractivity contribution in [3.05, 3.63) is 30.4 Å². The predicted octanol–water partition coefficient (Wildman–Crippen LogP) is 2.55. The molecule has 0 spiro atoms. The van der Waals surface area contributed by atoms with Crippen LogP contribution in [0.15, 0.2) is 19.0 Å². The number of carbonyl (C=O) groups is 1. The van der Waals surface area contributed by atoms with E-state index in [1.165, 1.54) is 7.11 Å². The molecular formula is C15H19N3O3. The van der Waals surface area contributed by atoms with Gasteiger partial charge in [-0.2, -0.15) is 5.26 Å². The van der Waals surface area contributed by atoms with Gasteiger partial charge in [-0.1, -0.05) is 6.08 Å². The van der Waals surface area contributed by atoms with Crippen molar-refractivity contribution >= 4 is 5.97 Å². The van der Waals surface area contributed by atoms with Crippen molar-refractivity contribution in [2.75, 3.05) is 13.7 Å². The summed E-state index contributed by atoms with van der Waals surface area (Å²) in [7, 11) is 1.32. The first-order chi connectivity index (χ1) is 10.2. The summed E-state index contributed by atoms with van der Waals surface area (Å²) in [5.74, 6) is -1.01. The number of esters is 1. The van der Waals surface area contributed by atoms with Gasteiger partial charge in [0, 0.05) is 6.61 Å².